The summed E-state index contributed by atoms with van der Waals surface area (Å²) in [6, 6.07) is 2.08. The first-order valence-electron chi connectivity index (χ1n) is 21.9. The zero-order valence-electron chi connectivity index (χ0n) is 38.1. The number of carboxylic acids is 1. The van der Waals surface area contributed by atoms with E-state index in [1.165, 1.54) is 56.3 Å². The van der Waals surface area contributed by atoms with E-state index in [0.717, 1.165) is 0 Å². The minimum Gasteiger partial charge on any atom is -0.481 e. The molecular weight excluding hydrogens is 919 g/mol. The summed E-state index contributed by atoms with van der Waals surface area (Å²) in [5, 5.41) is 26.5. The van der Waals surface area contributed by atoms with Gasteiger partial charge in [-0.15, -0.1) is 0 Å². The molecule has 1 aliphatic heterocycles. The molecule has 0 spiro atoms. The molecule has 0 unspecified atom stereocenters. The Labute approximate surface area is 399 Å². The fourth-order valence-corrected chi connectivity index (χ4v) is 7.13. The first-order chi connectivity index (χ1) is 33.4. The fourth-order valence-electron chi connectivity index (χ4n) is 7.13. The molecule has 0 saturated carbocycles. The SMILES string of the molecule is CC(C)(NC(=O)[C@H]1CCCN1C(=O)[C@H](Cc1cnc[nH]1)NC(=O)CNC(=O)[C@H](CC(=O)O)NC(=O)OCc1ccccc1)C(=O)N[C@@H](Cc1cnc[nH]1)C(=O)NCC(=O)N[C@@H](Cc1cnc[nH]1)C(N)=O. The predicted molar refractivity (Wildman–Crippen MR) is 241 cm³/mol. The average Bonchev–Trinajstić information content (AvgIpc) is 4.18. The van der Waals surface area contributed by atoms with Crippen molar-refractivity contribution in [1.82, 2.24) is 72.0 Å². The number of aliphatic carboxylic acids is 1. The van der Waals surface area contributed by atoms with Gasteiger partial charge >= 0.3 is 12.1 Å². The van der Waals surface area contributed by atoms with E-state index in [4.69, 9.17) is 10.5 Å². The molecule has 0 aliphatic carbocycles. The quantitative estimate of drug-likeness (QED) is 0.0310. The first kappa shape index (κ1) is 52.3. The molecule has 27 heteroatoms. The van der Waals surface area contributed by atoms with Gasteiger partial charge < -0.3 is 72.6 Å². The number of likely N-dealkylation sites (tertiary alicyclic amines) is 1. The maximum Gasteiger partial charge on any atom is 0.408 e. The van der Waals surface area contributed by atoms with Gasteiger partial charge in [0, 0.05) is 61.5 Å². The number of alkyl carbamates (subject to hydrolysis) is 1. The first-order valence-corrected chi connectivity index (χ1v) is 21.9. The van der Waals surface area contributed by atoms with Gasteiger partial charge in [0.2, 0.25) is 47.3 Å². The van der Waals surface area contributed by atoms with Crippen LogP contribution in [0.2, 0.25) is 0 Å². The number of primary amides is 1. The number of benzene rings is 1. The minimum absolute atomic E-state index is 0.0151. The third-order valence-corrected chi connectivity index (χ3v) is 10.8. The molecule has 1 fully saturated rings. The Balaban J connectivity index is 1.18. The van der Waals surface area contributed by atoms with Gasteiger partial charge in [0.25, 0.3) is 0 Å². The molecule has 374 valence electrons. The Morgan fingerprint density at radius 3 is 1.80 bits per heavy atom. The highest BCUT2D eigenvalue weighted by molar-refractivity contribution is 5.98. The summed E-state index contributed by atoms with van der Waals surface area (Å²) in [6.07, 6.45) is 6.78. The van der Waals surface area contributed by atoms with Gasteiger partial charge in [-0.2, -0.15) is 0 Å². The minimum atomic E-state index is -1.70. The smallest absolute Gasteiger partial charge is 0.408 e. The van der Waals surface area contributed by atoms with Gasteiger partial charge in [-0.25, -0.2) is 19.7 Å². The van der Waals surface area contributed by atoms with E-state index in [0.29, 0.717) is 29.1 Å². The van der Waals surface area contributed by atoms with Crippen molar-refractivity contribution in [2.45, 2.75) is 94.7 Å². The third-order valence-electron chi connectivity index (χ3n) is 10.8. The molecule has 4 aromatic rings. The van der Waals surface area contributed by atoms with Gasteiger partial charge in [-0.05, 0) is 32.3 Å². The molecule has 70 heavy (non-hydrogen) atoms. The standard InChI is InChI=1S/C43H55N15O12/c1-43(2,41(68)55-29(12-26-16-46-22-51-26)37(64)48-18-33(59)53-28(36(44)63)11-25-15-45-21-50-25)57-39(66)32-9-6-10-58(32)40(67)31(13-27-17-47-23-52-27)54-34(60)19-49-38(65)30(14-35(61)62)56-42(69)70-20-24-7-4-3-5-8-24/h3-5,7-8,15-17,21-23,28-32H,6,9-14,18-20H2,1-2H3,(H2,44,63)(H,45,50)(H,46,51)(H,47,52)(H,48,64)(H,49,65)(H,53,59)(H,54,60)(H,55,68)(H,56,69)(H,57,66)(H,61,62)/t28-,29-,30-,31-,32+/m0/s1. The maximum absolute atomic E-state index is 14.2. The molecule has 1 saturated heterocycles. The highest BCUT2D eigenvalue weighted by atomic mass is 16.5. The molecule has 13 N–H and O–H groups in total. The summed E-state index contributed by atoms with van der Waals surface area (Å²) in [4.78, 5) is 152. The highest BCUT2D eigenvalue weighted by Gasteiger charge is 2.41. The van der Waals surface area contributed by atoms with Crippen LogP contribution >= 0.6 is 0 Å². The lowest BCUT2D eigenvalue weighted by molar-refractivity contribution is -0.143. The van der Waals surface area contributed by atoms with E-state index in [-0.39, 0.29) is 38.8 Å². The Morgan fingerprint density at radius 2 is 1.27 bits per heavy atom. The number of nitrogens with zero attached hydrogens (tertiary/aromatic N) is 4. The van der Waals surface area contributed by atoms with E-state index in [9.17, 15) is 53.1 Å². The van der Waals surface area contributed by atoms with Crippen molar-refractivity contribution in [1.29, 1.82) is 0 Å². The summed E-state index contributed by atoms with van der Waals surface area (Å²) in [6.45, 7) is 1.34. The summed E-state index contributed by atoms with van der Waals surface area (Å²) < 4.78 is 5.10. The second-order valence-electron chi connectivity index (χ2n) is 16.6. The van der Waals surface area contributed by atoms with Crippen LogP contribution in [0.15, 0.2) is 67.9 Å². The summed E-state index contributed by atoms with van der Waals surface area (Å²) >= 11 is 0. The van der Waals surface area contributed by atoms with Crippen molar-refractivity contribution in [3.8, 4) is 0 Å². The predicted octanol–water partition coefficient (Wildman–Crippen LogP) is -3.29. The number of aromatic nitrogens is 6. The van der Waals surface area contributed by atoms with Crippen LogP contribution in [0.4, 0.5) is 4.79 Å². The van der Waals surface area contributed by atoms with Crippen LogP contribution in [0.5, 0.6) is 0 Å². The molecule has 4 heterocycles. The zero-order valence-corrected chi connectivity index (χ0v) is 38.1. The van der Waals surface area contributed by atoms with Gasteiger partial charge in [-0.1, -0.05) is 30.3 Å². The molecule has 9 amide bonds. The van der Waals surface area contributed by atoms with Crippen molar-refractivity contribution in [3.63, 3.8) is 0 Å². The number of aromatic amines is 3. The molecule has 5 rings (SSSR count). The monoisotopic (exact) mass is 973 g/mol. The number of imidazole rings is 3. The van der Waals surface area contributed by atoms with Crippen LogP contribution in [0.1, 0.15) is 55.8 Å². The molecule has 5 atom stereocenters. The van der Waals surface area contributed by atoms with Crippen molar-refractivity contribution in [2.24, 2.45) is 5.73 Å². The second-order valence-corrected chi connectivity index (χ2v) is 16.6. The van der Waals surface area contributed by atoms with Gasteiger partial charge in [0.05, 0.1) is 38.5 Å². The van der Waals surface area contributed by atoms with Crippen LogP contribution in [0.3, 0.4) is 0 Å². The number of ether oxygens (including phenoxy) is 1. The topological polar surface area (TPSA) is 400 Å². The van der Waals surface area contributed by atoms with E-state index in [2.05, 4.69) is 67.1 Å². The van der Waals surface area contributed by atoms with E-state index >= 15 is 0 Å². The molecule has 0 bridgehead atoms. The van der Waals surface area contributed by atoms with E-state index < -0.39 is 115 Å². The van der Waals surface area contributed by atoms with Crippen molar-refractivity contribution in [3.05, 3.63) is 90.5 Å². The zero-order chi connectivity index (χ0) is 50.8. The van der Waals surface area contributed by atoms with Crippen LogP contribution < -0.4 is 43.0 Å². The molecule has 27 nitrogen and oxygen atoms in total. The average molecular weight is 974 g/mol. The lowest BCUT2D eigenvalue weighted by Crippen LogP contribution is -2.62. The number of hydrogen-bond acceptors (Lipinski definition) is 14. The van der Waals surface area contributed by atoms with Crippen LogP contribution in [0.25, 0.3) is 0 Å². The van der Waals surface area contributed by atoms with E-state index in [1.54, 1.807) is 30.3 Å². The number of amides is 9. The number of hydrogen-bond donors (Lipinski definition) is 12. The number of rotatable bonds is 25. The number of nitrogens with two attached hydrogens (primary N) is 1. The fraction of sp³-hybridized carbons (Fsp3) is 0.419. The maximum atomic E-state index is 14.2. The molecule has 0 radical (unpaired) electrons. The number of carboxylic acid groups (broad SMARTS) is 1. The Kier molecular flexibility index (Phi) is 18.6. The van der Waals surface area contributed by atoms with Crippen LogP contribution in [-0.4, -0.2) is 155 Å². The van der Waals surface area contributed by atoms with Gasteiger partial charge in [-0.3, -0.25) is 43.2 Å². The summed E-state index contributed by atoms with van der Waals surface area (Å²) in [5.41, 5.74) is 5.79. The van der Waals surface area contributed by atoms with Crippen LogP contribution in [0, 0.1) is 0 Å². The lowest BCUT2D eigenvalue weighted by atomic mass is 10.0. The number of H-pyrrole nitrogens is 3. The van der Waals surface area contributed by atoms with Crippen LogP contribution in [-0.2, 0) is 73.8 Å². The molecule has 1 aliphatic rings. The van der Waals surface area contributed by atoms with Crippen molar-refractivity contribution < 1.29 is 57.8 Å². The Morgan fingerprint density at radius 1 is 0.743 bits per heavy atom. The number of carbonyl (C=O) groups is 10. The Bertz CT molecular complexity index is 2450. The normalized spacial score (nSPS) is 14.9. The van der Waals surface area contributed by atoms with Crippen molar-refractivity contribution in [2.75, 3.05) is 19.6 Å². The van der Waals surface area contributed by atoms with Crippen molar-refractivity contribution >= 4 is 59.3 Å². The number of carbonyl (C=O) groups excluding carboxylic acids is 9. The largest absolute Gasteiger partial charge is 0.481 e. The molecule has 1 aromatic carbocycles. The third kappa shape index (κ3) is 16.0. The Hall–Kier alpha value is -8.65. The van der Waals surface area contributed by atoms with Gasteiger partial charge in [0.15, 0.2) is 0 Å². The van der Waals surface area contributed by atoms with E-state index in [1.807, 2.05) is 0 Å². The molecule has 3 aromatic heterocycles. The number of nitrogens with one attached hydrogen (secondary N) is 10. The summed E-state index contributed by atoms with van der Waals surface area (Å²) in [7, 11) is 0. The van der Waals surface area contributed by atoms with Gasteiger partial charge in [0.1, 0.15) is 42.4 Å². The lowest BCUT2D eigenvalue weighted by Gasteiger charge is -2.32. The summed E-state index contributed by atoms with van der Waals surface area (Å²) in [5.74, 6) is -7.93. The highest BCUT2D eigenvalue weighted by Crippen LogP contribution is 2.21. The second kappa shape index (κ2) is 24.9. The molecular formula is C43H55N15O12.